The predicted molar refractivity (Wildman–Crippen MR) is 76.9 cm³/mol. The summed E-state index contributed by atoms with van der Waals surface area (Å²) in [7, 11) is 1.34. The van der Waals surface area contributed by atoms with E-state index < -0.39 is 12.5 Å². The van der Waals surface area contributed by atoms with Gasteiger partial charge in [-0.05, 0) is 30.1 Å². The first-order valence-corrected chi connectivity index (χ1v) is 7.08. The van der Waals surface area contributed by atoms with Crippen LogP contribution in [0.25, 0.3) is 0 Å². The molecular weight excluding hydrogens is 316 g/mol. The molecule has 9 heteroatoms. The van der Waals surface area contributed by atoms with Crippen LogP contribution in [0.1, 0.15) is 22.3 Å². The number of aryl methyl sites for hydroxylation is 1. The third kappa shape index (κ3) is 3.67. The highest BCUT2D eigenvalue weighted by Gasteiger charge is 2.17. The lowest BCUT2D eigenvalue weighted by Gasteiger charge is -2.12. The average Bonchev–Trinajstić information content (AvgIpc) is 2.95. The number of benzene rings is 1. The van der Waals surface area contributed by atoms with E-state index in [1.165, 1.54) is 25.3 Å². The molecular formula is C13H13F2N3O3S. The van der Waals surface area contributed by atoms with E-state index in [1.54, 1.807) is 0 Å². The lowest BCUT2D eigenvalue weighted by atomic mass is 10.2. The van der Waals surface area contributed by atoms with Gasteiger partial charge in [0.15, 0.2) is 11.5 Å². The molecule has 0 unspecified atom stereocenters. The number of hydrogen-bond acceptors (Lipinski definition) is 6. The van der Waals surface area contributed by atoms with Crippen LogP contribution >= 0.6 is 11.5 Å². The molecule has 0 saturated heterocycles. The Morgan fingerprint density at radius 3 is 2.82 bits per heavy atom. The van der Waals surface area contributed by atoms with Crippen LogP contribution in [0.3, 0.4) is 0 Å². The van der Waals surface area contributed by atoms with Crippen LogP contribution in [0.2, 0.25) is 0 Å². The first-order chi connectivity index (χ1) is 10.5. The fourth-order valence-electron chi connectivity index (χ4n) is 1.74. The summed E-state index contributed by atoms with van der Waals surface area (Å²) < 4.78 is 37.8. The number of carbonyl (C=O) groups excluding carboxylic acids is 1. The maximum absolute atomic E-state index is 12.4. The largest absolute Gasteiger partial charge is 0.493 e. The molecule has 0 spiro atoms. The maximum Gasteiger partial charge on any atom is 0.387 e. The Bertz CT molecular complexity index is 664. The summed E-state index contributed by atoms with van der Waals surface area (Å²) in [5.74, 6) is -0.416. The molecule has 1 heterocycles. The van der Waals surface area contributed by atoms with Crippen LogP contribution in [0.4, 0.5) is 14.5 Å². The number of alkyl halides is 2. The summed E-state index contributed by atoms with van der Waals surface area (Å²) in [5, 5.41) is 6.44. The molecule has 22 heavy (non-hydrogen) atoms. The van der Waals surface area contributed by atoms with Gasteiger partial charge in [-0.1, -0.05) is 11.4 Å². The molecule has 2 rings (SSSR count). The quantitative estimate of drug-likeness (QED) is 0.882. The zero-order valence-electron chi connectivity index (χ0n) is 11.8. The van der Waals surface area contributed by atoms with Crippen LogP contribution in [0.15, 0.2) is 18.2 Å². The molecule has 0 saturated carbocycles. The molecule has 0 radical (unpaired) electrons. The lowest BCUT2D eigenvalue weighted by Crippen LogP contribution is -2.13. The third-order valence-electron chi connectivity index (χ3n) is 2.73. The van der Waals surface area contributed by atoms with Crippen LogP contribution in [-0.4, -0.2) is 29.2 Å². The van der Waals surface area contributed by atoms with E-state index in [0.717, 1.165) is 11.5 Å². The van der Waals surface area contributed by atoms with Crippen molar-refractivity contribution in [2.75, 3.05) is 12.4 Å². The number of ether oxygens (including phenoxy) is 2. The summed E-state index contributed by atoms with van der Waals surface area (Å²) >= 11 is 0.975. The molecule has 0 bridgehead atoms. The maximum atomic E-state index is 12.4. The van der Waals surface area contributed by atoms with Crippen molar-refractivity contribution in [3.05, 3.63) is 28.8 Å². The van der Waals surface area contributed by atoms with E-state index in [1.807, 2.05) is 6.92 Å². The van der Waals surface area contributed by atoms with Gasteiger partial charge in [-0.2, -0.15) is 8.78 Å². The van der Waals surface area contributed by atoms with Crippen molar-refractivity contribution >= 4 is 23.1 Å². The fourth-order valence-corrected chi connectivity index (χ4v) is 2.39. The minimum absolute atomic E-state index is 0.145. The van der Waals surface area contributed by atoms with Gasteiger partial charge in [-0.25, -0.2) is 0 Å². The Labute approximate surface area is 129 Å². The summed E-state index contributed by atoms with van der Waals surface area (Å²) in [6, 6.07) is 4.22. The van der Waals surface area contributed by atoms with Gasteiger partial charge < -0.3 is 14.8 Å². The fraction of sp³-hybridized carbons (Fsp3) is 0.308. The molecule has 0 atom stereocenters. The van der Waals surface area contributed by atoms with Gasteiger partial charge in [0, 0.05) is 11.8 Å². The predicted octanol–water partition coefficient (Wildman–Crippen LogP) is 2.96. The summed E-state index contributed by atoms with van der Waals surface area (Å²) in [5.41, 5.74) is 0.886. The van der Waals surface area contributed by atoms with Crippen molar-refractivity contribution in [2.24, 2.45) is 0 Å². The molecule has 118 valence electrons. The Balaban J connectivity index is 2.20. The van der Waals surface area contributed by atoms with Gasteiger partial charge in [0.1, 0.15) is 4.88 Å². The number of amides is 1. The Morgan fingerprint density at radius 2 is 2.18 bits per heavy atom. The molecule has 0 aliphatic rings. The second kappa shape index (κ2) is 7.12. The molecule has 1 aromatic carbocycles. The van der Waals surface area contributed by atoms with Crippen molar-refractivity contribution < 1.29 is 23.0 Å². The number of nitrogens with zero attached hydrogens (tertiary/aromatic N) is 2. The van der Waals surface area contributed by atoms with E-state index in [0.29, 0.717) is 22.7 Å². The van der Waals surface area contributed by atoms with Gasteiger partial charge in [0.2, 0.25) is 0 Å². The Hall–Kier alpha value is -2.29. The van der Waals surface area contributed by atoms with E-state index in [4.69, 9.17) is 4.74 Å². The van der Waals surface area contributed by atoms with E-state index in [2.05, 4.69) is 19.6 Å². The van der Waals surface area contributed by atoms with E-state index in [9.17, 15) is 13.6 Å². The van der Waals surface area contributed by atoms with Crippen LogP contribution in [-0.2, 0) is 6.42 Å². The second-order valence-electron chi connectivity index (χ2n) is 4.10. The summed E-state index contributed by atoms with van der Waals surface area (Å²) in [6.45, 7) is -1.13. The topological polar surface area (TPSA) is 73.3 Å². The minimum atomic E-state index is -2.99. The normalized spacial score (nSPS) is 10.6. The van der Waals surface area contributed by atoms with Crippen molar-refractivity contribution in [3.63, 3.8) is 0 Å². The Kier molecular flexibility index (Phi) is 5.21. The smallest absolute Gasteiger partial charge is 0.387 e. The monoisotopic (exact) mass is 329 g/mol. The Morgan fingerprint density at radius 1 is 1.41 bits per heavy atom. The number of rotatable bonds is 6. The van der Waals surface area contributed by atoms with E-state index >= 15 is 0 Å². The number of nitrogens with one attached hydrogen (secondary N) is 1. The minimum Gasteiger partial charge on any atom is -0.493 e. The number of aromatic nitrogens is 2. The highest BCUT2D eigenvalue weighted by molar-refractivity contribution is 7.08. The first-order valence-electron chi connectivity index (χ1n) is 6.30. The average molecular weight is 329 g/mol. The molecule has 1 aromatic heterocycles. The third-order valence-corrected chi connectivity index (χ3v) is 3.50. The molecule has 6 nitrogen and oxygen atoms in total. The number of carbonyl (C=O) groups is 1. The van der Waals surface area contributed by atoms with Gasteiger partial charge in [0.25, 0.3) is 5.91 Å². The lowest BCUT2D eigenvalue weighted by molar-refractivity contribution is -0.0511. The molecule has 0 fully saturated rings. The van der Waals surface area contributed by atoms with Crippen molar-refractivity contribution in [3.8, 4) is 11.5 Å². The van der Waals surface area contributed by atoms with Crippen LogP contribution < -0.4 is 14.8 Å². The van der Waals surface area contributed by atoms with Crippen molar-refractivity contribution in [2.45, 2.75) is 20.0 Å². The second-order valence-corrected chi connectivity index (χ2v) is 4.85. The SMILES string of the molecule is CCc1nnsc1C(=O)Nc1ccc(OC)c(OC(F)F)c1. The van der Waals surface area contributed by atoms with Crippen molar-refractivity contribution in [1.29, 1.82) is 0 Å². The highest BCUT2D eigenvalue weighted by atomic mass is 32.1. The molecule has 0 aliphatic heterocycles. The summed E-state index contributed by atoms with van der Waals surface area (Å²) in [4.78, 5) is 12.5. The van der Waals surface area contributed by atoms with E-state index in [-0.39, 0.29) is 11.5 Å². The van der Waals surface area contributed by atoms with Crippen LogP contribution in [0, 0.1) is 0 Å². The van der Waals surface area contributed by atoms with Gasteiger partial charge in [0.05, 0.1) is 12.8 Å². The zero-order valence-corrected chi connectivity index (χ0v) is 12.6. The zero-order chi connectivity index (χ0) is 16.1. The van der Waals surface area contributed by atoms with Crippen LogP contribution in [0.5, 0.6) is 11.5 Å². The number of anilines is 1. The van der Waals surface area contributed by atoms with Crippen molar-refractivity contribution in [1.82, 2.24) is 9.59 Å². The van der Waals surface area contributed by atoms with Gasteiger partial charge >= 0.3 is 6.61 Å². The highest BCUT2D eigenvalue weighted by Crippen LogP contribution is 2.31. The first kappa shape index (κ1) is 16.1. The number of halogens is 2. The standard InChI is InChI=1S/C13H13F2N3O3S/c1-3-8-11(22-18-17-8)12(19)16-7-4-5-9(20-2)10(6-7)21-13(14)15/h4-6,13H,3H2,1-2H3,(H,16,19). The van der Waals surface area contributed by atoms with Gasteiger partial charge in [-0.3, -0.25) is 4.79 Å². The molecule has 1 N–H and O–H groups in total. The molecule has 2 aromatic rings. The number of hydrogen-bond donors (Lipinski definition) is 1. The molecule has 0 aliphatic carbocycles. The number of methoxy groups -OCH3 is 1. The molecule has 1 amide bonds. The van der Waals surface area contributed by atoms with Gasteiger partial charge in [-0.15, -0.1) is 5.10 Å². The summed E-state index contributed by atoms with van der Waals surface area (Å²) in [6.07, 6.45) is 0.571.